The van der Waals surface area contributed by atoms with Gasteiger partial charge in [-0.15, -0.1) is 0 Å². The van der Waals surface area contributed by atoms with Crippen LogP contribution in [-0.2, 0) is 13.0 Å². The Balaban J connectivity index is 1.97. The van der Waals surface area contributed by atoms with Crippen LogP contribution in [0.2, 0.25) is 0 Å². The van der Waals surface area contributed by atoms with Gasteiger partial charge in [-0.05, 0) is 33.5 Å². The summed E-state index contributed by atoms with van der Waals surface area (Å²) >= 11 is 0. The largest absolute Gasteiger partial charge is 0.487 e. The van der Waals surface area contributed by atoms with E-state index in [4.69, 9.17) is 4.74 Å². The van der Waals surface area contributed by atoms with Crippen LogP contribution in [0.25, 0.3) is 0 Å². The number of likely N-dealkylation sites (N-methyl/N-ethyl adjacent to an activating group) is 1. The van der Waals surface area contributed by atoms with E-state index >= 15 is 0 Å². The summed E-state index contributed by atoms with van der Waals surface area (Å²) in [6, 6.07) is 6.46. The third-order valence-electron chi connectivity index (χ3n) is 3.22. The van der Waals surface area contributed by atoms with E-state index in [2.05, 4.69) is 56.4 Å². The van der Waals surface area contributed by atoms with Gasteiger partial charge in [0.1, 0.15) is 11.4 Å². The van der Waals surface area contributed by atoms with E-state index in [-0.39, 0.29) is 5.60 Å². The number of nitrogens with zero attached hydrogens (tertiary/aromatic N) is 1. The summed E-state index contributed by atoms with van der Waals surface area (Å²) in [5.41, 5.74) is 2.56. The Bertz CT molecular complexity index is 413. The first-order valence-corrected chi connectivity index (χ1v) is 6.63. The standard InChI is InChI=1S/C15H24N2O/c1-15(2)10-12-6-5-7-13(14(12)18-15)11-16-8-9-17(3)4/h5-7,16H,8-11H2,1-4H3. The minimum Gasteiger partial charge on any atom is -0.487 e. The Morgan fingerprint density at radius 3 is 2.83 bits per heavy atom. The third-order valence-corrected chi connectivity index (χ3v) is 3.22. The molecule has 0 atom stereocenters. The van der Waals surface area contributed by atoms with Gasteiger partial charge >= 0.3 is 0 Å². The van der Waals surface area contributed by atoms with Crippen molar-refractivity contribution in [3.8, 4) is 5.75 Å². The molecule has 0 aromatic heterocycles. The second kappa shape index (κ2) is 5.29. The molecule has 0 saturated carbocycles. The van der Waals surface area contributed by atoms with Gasteiger partial charge in [0.2, 0.25) is 0 Å². The highest BCUT2D eigenvalue weighted by Gasteiger charge is 2.31. The van der Waals surface area contributed by atoms with Gasteiger partial charge in [-0.2, -0.15) is 0 Å². The van der Waals surface area contributed by atoms with Crippen LogP contribution in [0.15, 0.2) is 18.2 Å². The summed E-state index contributed by atoms with van der Waals surface area (Å²) < 4.78 is 6.05. The lowest BCUT2D eigenvalue weighted by Gasteiger charge is -2.18. The minimum atomic E-state index is -0.0535. The SMILES string of the molecule is CN(C)CCNCc1cccc2c1OC(C)(C)C2. The molecule has 2 rings (SSSR count). The number of hydrogen-bond donors (Lipinski definition) is 1. The molecule has 3 heteroatoms. The van der Waals surface area contributed by atoms with Gasteiger partial charge in [-0.3, -0.25) is 0 Å². The molecular formula is C15H24N2O. The predicted octanol–water partition coefficient (Wildman–Crippen LogP) is 2.05. The summed E-state index contributed by atoms with van der Waals surface area (Å²) in [6.07, 6.45) is 1.01. The number of rotatable bonds is 5. The lowest BCUT2D eigenvalue weighted by Crippen LogP contribution is -2.27. The number of ether oxygens (including phenoxy) is 1. The summed E-state index contributed by atoms with van der Waals surface area (Å²) in [5, 5.41) is 3.47. The Morgan fingerprint density at radius 2 is 2.11 bits per heavy atom. The van der Waals surface area contributed by atoms with Gasteiger partial charge in [0, 0.05) is 31.6 Å². The summed E-state index contributed by atoms with van der Waals surface area (Å²) in [4.78, 5) is 2.18. The van der Waals surface area contributed by atoms with E-state index in [0.29, 0.717) is 0 Å². The maximum Gasteiger partial charge on any atom is 0.127 e. The molecule has 0 unspecified atom stereocenters. The lowest BCUT2D eigenvalue weighted by atomic mass is 10.0. The van der Waals surface area contributed by atoms with Crippen molar-refractivity contribution in [3.05, 3.63) is 29.3 Å². The minimum absolute atomic E-state index is 0.0535. The highest BCUT2D eigenvalue weighted by atomic mass is 16.5. The Kier molecular flexibility index (Phi) is 3.93. The Morgan fingerprint density at radius 1 is 1.33 bits per heavy atom. The van der Waals surface area contributed by atoms with E-state index in [1.165, 1.54) is 11.1 Å². The van der Waals surface area contributed by atoms with Crippen LogP contribution in [0.3, 0.4) is 0 Å². The third kappa shape index (κ3) is 3.24. The van der Waals surface area contributed by atoms with E-state index in [9.17, 15) is 0 Å². The first-order valence-electron chi connectivity index (χ1n) is 6.63. The molecule has 0 bridgehead atoms. The predicted molar refractivity (Wildman–Crippen MR) is 75.1 cm³/mol. The number of fused-ring (bicyclic) bond motifs is 1. The molecule has 1 aliphatic heterocycles. The van der Waals surface area contributed by atoms with Crippen molar-refractivity contribution in [1.29, 1.82) is 0 Å². The molecule has 1 aromatic carbocycles. The topological polar surface area (TPSA) is 24.5 Å². The summed E-state index contributed by atoms with van der Waals surface area (Å²) in [6.45, 7) is 7.24. The fourth-order valence-corrected chi connectivity index (χ4v) is 2.34. The van der Waals surface area contributed by atoms with Gasteiger partial charge in [0.25, 0.3) is 0 Å². The number of hydrogen-bond acceptors (Lipinski definition) is 3. The van der Waals surface area contributed by atoms with Crippen LogP contribution in [0, 0.1) is 0 Å². The van der Waals surface area contributed by atoms with Crippen LogP contribution in [0.5, 0.6) is 5.75 Å². The molecule has 0 radical (unpaired) electrons. The average molecular weight is 248 g/mol. The van der Waals surface area contributed by atoms with Gasteiger partial charge in [-0.1, -0.05) is 18.2 Å². The molecule has 100 valence electrons. The Labute approximate surface area is 110 Å². The second-order valence-electron chi connectivity index (χ2n) is 5.92. The molecule has 1 N–H and O–H groups in total. The van der Waals surface area contributed by atoms with Gasteiger partial charge in [0.15, 0.2) is 0 Å². The molecule has 0 saturated heterocycles. The van der Waals surface area contributed by atoms with Crippen molar-refractivity contribution in [2.75, 3.05) is 27.2 Å². The molecule has 1 aromatic rings. The van der Waals surface area contributed by atoms with Crippen LogP contribution in [-0.4, -0.2) is 37.7 Å². The number of benzene rings is 1. The smallest absolute Gasteiger partial charge is 0.127 e. The number of nitrogens with one attached hydrogen (secondary N) is 1. The van der Waals surface area contributed by atoms with Crippen LogP contribution >= 0.6 is 0 Å². The first kappa shape index (κ1) is 13.4. The maximum absolute atomic E-state index is 6.05. The highest BCUT2D eigenvalue weighted by Crippen LogP contribution is 2.37. The first-order chi connectivity index (χ1) is 8.48. The van der Waals surface area contributed by atoms with E-state index in [0.717, 1.165) is 31.8 Å². The van der Waals surface area contributed by atoms with Crippen molar-refractivity contribution in [2.45, 2.75) is 32.4 Å². The molecule has 0 amide bonds. The summed E-state index contributed by atoms with van der Waals surface area (Å²) in [7, 11) is 4.18. The summed E-state index contributed by atoms with van der Waals surface area (Å²) in [5.74, 6) is 1.10. The zero-order valence-electron chi connectivity index (χ0n) is 11.9. The molecule has 18 heavy (non-hydrogen) atoms. The zero-order chi connectivity index (χ0) is 13.2. The van der Waals surface area contributed by atoms with Crippen molar-refractivity contribution < 1.29 is 4.74 Å². The van der Waals surface area contributed by atoms with Gasteiger partial charge < -0.3 is 15.0 Å². The second-order valence-corrected chi connectivity index (χ2v) is 5.92. The average Bonchev–Trinajstić information content (AvgIpc) is 2.58. The molecule has 1 aliphatic rings. The van der Waals surface area contributed by atoms with Crippen molar-refractivity contribution in [2.24, 2.45) is 0 Å². The maximum atomic E-state index is 6.05. The molecular weight excluding hydrogens is 224 g/mol. The van der Waals surface area contributed by atoms with Crippen molar-refractivity contribution in [3.63, 3.8) is 0 Å². The fourth-order valence-electron chi connectivity index (χ4n) is 2.34. The van der Waals surface area contributed by atoms with Crippen LogP contribution < -0.4 is 10.1 Å². The Hall–Kier alpha value is -1.06. The van der Waals surface area contributed by atoms with Crippen molar-refractivity contribution in [1.82, 2.24) is 10.2 Å². The number of para-hydroxylation sites is 1. The monoisotopic (exact) mass is 248 g/mol. The van der Waals surface area contributed by atoms with E-state index < -0.39 is 0 Å². The van der Waals surface area contributed by atoms with Crippen molar-refractivity contribution >= 4 is 0 Å². The normalized spacial score (nSPS) is 16.7. The van der Waals surface area contributed by atoms with E-state index in [1.54, 1.807) is 0 Å². The fraction of sp³-hybridized carbons (Fsp3) is 0.600. The van der Waals surface area contributed by atoms with Crippen LogP contribution in [0.4, 0.5) is 0 Å². The van der Waals surface area contributed by atoms with Gasteiger partial charge in [-0.25, -0.2) is 0 Å². The van der Waals surface area contributed by atoms with E-state index in [1.807, 2.05) is 0 Å². The molecule has 0 fully saturated rings. The molecule has 3 nitrogen and oxygen atoms in total. The molecule has 0 spiro atoms. The van der Waals surface area contributed by atoms with Crippen LogP contribution in [0.1, 0.15) is 25.0 Å². The highest BCUT2D eigenvalue weighted by molar-refractivity contribution is 5.45. The van der Waals surface area contributed by atoms with Gasteiger partial charge in [0.05, 0.1) is 0 Å². The lowest BCUT2D eigenvalue weighted by molar-refractivity contribution is 0.137. The molecule has 1 heterocycles. The quantitative estimate of drug-likeness (QED) is 0.807. The molecule has 0 aliphatic carbocycles. The zero-order valence-corrected chi connectivity index (χ0v) is 11.9.